The third-order valence-electron chi connectivity index (χ3n) is 3.30. The van der Waals surface area contributed by atoms with Gasteiger partial charge in [-0.1, -0.05) is 13.0 Å². The van der Waals surface area contributed by atoms with Gasteiger partial charge in [-0.15, -0.1) is 0 Å². The van der Waals surface area contributed by atoms with E-state index in [4.69, 9.17) is 5.73 Å². The first-order valence-corrected chi connectivity index (χ1v) is 5.77. The molecule has 15 heavy (non-hydrogen) atoms. The monoisotopic (exact) mass is 204 g/mol. The molecule has 1 atom stereocenters. The van der Waals surface area contributed by atoms with Crippen molar-refractivity contribution in [2.24, 2.45) is 11.8 Å². The van der Waals surface area contributed by atoms with Gasteiger partial charge in [-0.05, 0) is 49.3 Å². The fraction of sp³-hybridized carbons (Fsp3) is 0.538. The molecule has 0 radical (unpaired) electrons. The number of nitrogen functional groups attached to an aromatic ring is 1. The van der Waals surface area contributed by atoms with Crippen molar-refractivity contribution in [2.75, 3.05) is 17.6 Å². The van der Waals surface area contributed by atoms with Crippen LogP contribution < -0.4 is 11.1 Å². The number of nitrogens with two attached hydrogens (primary N) is 1. The molecule has 1 saturated carbocycles. The van der Waals surface area contributed by atoms with Crippen LogP contribution in [-0.2, 0) is 0 Å². The average molecular weight is 204 g/mol. The van der Waals surface area contributed by atoms with Crippen molar-refractivity contribution in [1.29, 1.82) is 0 Å². The first-order chi connectivity index (χ1) is 7.16. The highest BCUT2D eigenvalue weighted by atomic mass is 14.9. The van der Waals surface area contributed by atoms with Gasteiger partial charge >= 0.3 is 0 Å². The van der Waals surface area contributed by atoms with Gasteiger partial charge in [0.05, 0.1) is 0 Å². The minimum absolute atomic E-state index is 0.783. The standard InChI is InChI=1S/C13H20N2/c1-9-3-6-12(14)7-13(9)15-8-10(2)11-4-5-11/h3,6-7,10-11,15H,4-5,8,14H2,1-2H3. The number of hydrogen-bond donors (Lipinski definition) is 2. The second-order valence-electron chi connectivity index (χ2n) is 4.77. The number of hydrogen-bond acceptors (Lipinski definition) is 2. The van der Waals surface area contributed by atoms with E-state index in [0.29, 0.717) is 0 Å². The maximum Gasteiger partial charge on any atom is 0.0390 e. The van der Waals surface area contributed by atoms with Crippen molar-refractivity contribution in [2.45, 2.75) is 26.7 Å². The zero-order valence-corrected chi connectivity index (χ0v) is 9.59. The zero-order chi connectivity index (χ0) is 10.8. The normalized spacial score (nSPS) is 17.5. The molecule has 1 aromatic carbocycles. The maximum atomic E-state index is 5.77. The molecule has 2 heteroatoms. The van der Waals surface area contributed by atoms with E-state index in [-0.39, 0.29) is 0 Å². The van der Waals surface area contributed by atoms with Crippen LogP contribution in [0.25, 0.3) is 0 Å². The van der Waals surface area contributed by atoms with E-state index in [2.05, 4.69) is 25.2 Å². The van der Waals surface area contributed by atoms with Crippen LogP contribution in [0.5, 0.6) is 0 Å². The third-order valence-corrected chi connectivity index (χ3v) is 3.30. The lowest BCUT2D eigenvalue weighted by Crippen LogP contribution is -2.13. The summed E-state index contributed by atoms with van der Waals surface area (Å²) < 4.78 is 0. The van der Waals surface area contributed by atoms with Gasteiger partial charge in [0.1, 0.15) is 0 Å². The molecule has 3 N–H and O–H groups in total. The van der Waals surface area contributed by atoms with Crippen molar-refractivity contribution in [3.63, 3.8) is 0 Å². The van der Waals surface area contributed by atoms with E-state index in [1.807, 2.05) is 12.1 Å². The first kappa shape index (κ1) is 10.3. The predicted octanol–water partition coefficient (Wildman–Crippen LogP) is 3.04. The Morgan fingerprint density at radius 1 is 1.47 bits per heavy atom. The lowest BCUT2D eigenvalue weighted by Gasteiger charge is -2.14. The van der Waals surface area contributed by atoms with Gasteiger partial charge in [-0.25, -0.2) is 0 Å². The minimum atomic E-state index is 0.783. The molecule has 1 aliphatic rings. The molecule has 0 aliphatic heterocycles. The molecule has 0 bridgehead atoms. The number of anilines is 2. The lowest BCUT2D eigenvalue weighted by atomic mass is 10.1. The Morgan fingerprint density at radius 2 is 2.20 bits per heavy atom. The molecule has 1 fully saturated rings. The molecule has 0 amide bonds. The van der Waals surface area contributed by atoms with Crippen LogP contribution in [0, 0.1) is 18.8 Å². The van der Waals surface area contributed by atoms with Crippen LogP contribution in [-0.4, -0.2) is 6.54 Å². The Morgan fingerprint density at radius 3 is 2.87 bits per heavy atom. The number of rotatable bonds is 4. The fourth-order valence-electron chi connectivity index (χ4n) is 1.93. The van der Waals surface area contributed by atoms with Gasteiger partial charge in [0.2, 0.25) is 0 Å². The topological polar surface area (TPSA) is 38.0 Å². The highest BCUT2D eigenvalue weighted by molar-refractivity contribution is 5.59. The van der Waals surface area contributed by atoms with Gasteiger partial charge in [0.25, 0.3) is 0 Å². The van der Waals surface area contributed by atoms with Gasteiger partial charge < -0.3 is 11.1 Å². The number of benzene rings is 1. The van der Waals surface area contributed by atoms with Crippen molar-refractivity contribution >= 4 is 11.4 Å². The smallest absolute Gasteiger partial charge is 0.0390 e. The van der Waals surface area contributed by atoms with Crippen LogP contribution >= 0.6 is 0 Å². The number of nitrogens with one attached hydrogen (secondary N) is 1. The quantitative estimate of drug-likeness (QED) is 0.740. The molecule has 1 aliphatic carbocycles. The van der Waals surface area contributed by atoms with Crippen molar-refractivity contribution in [3.8, 4) is 0 Å². The SMILES string of the molecule is Cc1ccc(N)cc1NCC(C)C1CC1. The molecule has 2 nitrogen and oxygen atoms in total. The van der Waals surface area contributed by atoms with Crippen molar-refractivity contribution in [1.82, 2.24) is 0 Å². The summed E-state index contributed by atoms with van der Waals surface area (Å²) >= 11 is 0. The molecular weight excluding hydrogens is 184 g/mol. The summed E-state index contributed by atoms with van der Waals surface area (Å²) in [7, 11) is 0. The summed E-state index contributed by atoms with van der Waals surface area (Å²) in [6.45, 7) is 5.50. The molecule has 0 heterocycles. The molecular formula is C13H20N2. The highest BCUT2D eigenvalue weighted by Gasteiger charge is 2.27. The van der Waals surface area contributed by atoms with Gasteiger partial charge in [0.15, 0.2) is 0 Å². The Bertz CT molecular complexity index is 342. The molecule has 0 aromatic heterocycles. The molecule has 1 aromatic rings. The second kappa shape index (κ2) is 4.13. The van der Waals surface area contributed by atoms with Crippen LogP contribution in [0.2, 0.25) is 0 Å². The van der Waals surface area contributed by atoms with Crippen molar-refractivity contribution < 1.29 is 0 Å². The van der Waals surface area contributed by atoms with E-state index >= 15 is 0 Å². The minimum Gasteiger partial charge on any atom is -0.399 e. The Labute approximate surface area is 91.9 Å². The summed E-state index contributed by atoms with van der Waals surface area (Å²) in [5, 5.41) is 3.49. The van der Waals surface area contributed by atoms with Crippen LogP contribution in [0.15, 0.2) is 18.2 Å². The molecule has 82 valence electrons. The Balaban J connectivity index is 1.94. The highest BCUT2D eigenvalue weighted by Crippen LogP contribution is 2.36. The van der Waals surface area contributed by atoms with E-state index < -0.39 is 0 Å². The first-order valence-electron chi connectivity index (χ1n) is 5.77. The average Bonchev–Trinajstić information content (AvgIpc) is 3.02. The van der Waals surface area contributed by atoms with E-state index in [0.717, 1.165) is 24.1 Å². The lowest BCUT2D eigenvalue weighted by molar-refractivity contribution is 0.536. The van der Waals surface area contributed by atoms with Gasteiger partial charge in [0, 0.05) is 17.9 Å². The maximum absolute atomic E-state index is 5.77. The summed E-state index contributed by atoms with van der Waals surface area (Å²) in [6, 6.07) is 6.04. The van der Waals surface area contributed by atoms with E-state index in [1.165, 1.54) is 24.1 Å². The van der Waals surface area contributed by atoms with Crippen LogP contribution in [0.3, 0.4) is 0 Å². The summed E-state index contributed by atoms with van der Waals surface area (Å²) in [6.07, 6.45) is 2.83. The Hall–Kier alpha value is -1.18. The van der Waals surface area contributed by atoms with E-state index in [9.17, 15) is 0 Å². The second-order valence-corrected chi connectivity index (χ2v) is 4.77. The van der Waals surface area contributed by atoms with Crippen LogP contribution in [0.4, 0.5) is 11.4 Å². The van der Waals surface area contributed by atoms with Gasteiger partial charge in [-0.2, -0.15) is 0 Å². The molecule has 0 saturated heterocycles. The largest absolute Gasteiger partial charge is 0.399 e. The molecule has 2 rings (SSSR count). The summed E-state index contributed by atoms with van der Waals surface area (Å²) in [4.78, 5) is 0. The third kappa shape index (κ3) is 2.65. The zero-order valence-electron chi connectivity index (χ0n) is 9.59. The van der Waals surface area contributed by atoms with Crippen molar-refractivity contribution in [3.05, 3.63) is 23.8 Å². The fourth-order valence-corrected chi connectivity index (χ4v) is 1.93. The summed E-state index contributed by atoms with van der Waals surface area (Å²) in [5.41, 5.74) is 9.05. The Kier molecular flexibility index (Phi) is 2.85. The molecule has 0 spiro atoms. The van der Waals surface area contributed by atoms with E-state index in [1.54, 1.807) is 0 Å². The van der Waals surface area contributed by atoms with Crippen LogP contribution in [0.1, 0.15) is 25.3 Å². The van der Waals surface area contributed by atoms with Gasteiger partial charge in [-0.3, -0.25) is 0 Å². The summed E-state index contributed by atoms with van der Waals surface area (Å²) in [5.74, 6) is 1.74. The predicted molar refractivity (Wildman–Crippen MR) is 66.0 cm³/mol. The molecule has 1 unspecified atom stereocenters. The number of aryl methyl sites for hydroxylation is 1.